The number of hydrogen-bond donors (Lipinski definition) is 5. The summed E-state index contributed by atoms with van der Waals surface area (Å²) in [5.74, 6) is 0.961. The fraction of sp³-hybridized carbons (Fsp3) is 0.848. The smallest absolute Gasteiger partial charge is 0.186 e. The summed E-state index contributed by atoms with van der Waals surface area (Å²) in [5, 5.41) is 44.0. The molecule has 9 heteroatoms. The van der Waals surface area contributed by atoms with Crippen LogP contribution in [0.1, 0.15) is 72.6 Å². The van der Waals surface area contributed by atoms with E-state index in [0.29, 0.717) is 42.4 Å². The second-order valence-electron chi connectivity index (χ2n) is 14.9. The average molecular weight is 588 g/mol. The summed E-state index contributed by atoms with van der Waals surface area (Å²) in [7, 11) is 0. The molecule has 7 aliphatic rings. The number of aliphatic hydroxyl groups excluding tert-OH is 4. The molecule has 15 atom stereocenters. The van der Waals surface area contributed by atoms with E-state index < -0.39 is 37.3 Å². The van der Waals surface area contributed by atoms with Crippen molar-refractivity contribution in [1.82, 2.24) is 5.32 Å². The predicted molar refractivity (Wildman–Crippen MR) is 153 cm³/mol. The summed E-state index contributed by atoms with van der Waals surface area (Å²) in [6, 6.07) is 0.345. The van der Waals surface area contributed by atoms with Gasteiger partial charge in [-0.25, -0.2) is 0 Å². The van der Waals surface area contributed by atoms with Gasteiger partial charge in [-0.1, -0.05) is 32.4 Å². The lowest BCUT2D eigenvalue weighted by Crippen LogP contribution is -2.57. The molecule has 42 heavy (non-hydrogen) atoms. The topological polar surface area (TPSA) is 138 Å². The Morgan fingerprint density at radius 1 is 1.14 bits per heavy atom. The van der Waals surface area contributed by atoms with Gasteiger partial charge in [-0.3, -0.25) is 4.79 Å². The number of fused-ring (bicyclic) bond motifs is 6. The van der Waals surface area contributed by atoms with E-state index in [1.165, 1.54) is 11.1 Å². The summed E-state index contributed by atoms with van der Waals surface area (Å²) in [5.41, 5.74) is 2.90. The molecule has 0 amide bonds. The van der Waals surface area contributed by atoms with Crippen LogP contribution in [0.15, 0.2) is 22.8 Å². The molecule has 2 saturated carbocycles. The Bertz CT molecular complexity index is 1170. The van der Waals surface area contributed by atoms with Gasteiger partial charge in [0.15, 0.2) is 18.4 Å². The third-order valence-corrected chi connectivity index (χ3v) is 12.8. The minimum atomic E-state index is -1.58. The molecule has 4 aliphatic carbocycles. The van der Waals surface area contributed by atoms with Crippen molar-refractivity contribution >= 4 is 5.78 Å². The van der Waals surface area contributed by atoms with Gasteiger partial charge >= 0.3 is 0 Å². The number of ketones is 1. The van der Waals surface area contributed by atoms with E-state index in [-0.39, 0.29) is 35.1 Å². The molecular weight excluding hydrogens is 538 g/mol. The molecule has 3 heterocycles. The number of nitrogens with one attached hydrogen (secondary N) is 1. The molecule has 0 aromatic carbocycles. The highest BCUT2D eigenvalue weighted by Gasteiger charge is 2.63. The molecule has 5 N–H and O–H groups in total. The highest BCUT2D eigenvalue weighted by Crippen LogP contribution is 2.64. The molecule has 3 aliphatic heterocycles. The van der Waals surface area contributed by atoms with Gasteiger partial charge in [0, 0.05) is 23.5 Å². The zero-order chi connectivity index (χ0) is 29.7. The molecule has 9 nitrogen and oxygen atoms in total. The predicted octanol–water partition coefficient (Wildman–Crippen LogP) is 2.21. The van der Waals surface area contributed by atoms with Crippen LogP contribution < -0.4 is 5.32 Å². The maximum absolute atomic E-state index is 14.5. The number of carbonyl (C=O) groups is 1. The number of carbonyl (C=O) groups excluding carboxylic acids is 1. The summed E-state index contributed by atoms with van der Waals surface area (Å²) < 4.78 is 18.7. The number of hydrogen-bond acceptors (Lipinski definition) is 9. The molecule has 0 aromatic heterocycles. The Morgan fingerprint density at radius 3 is 2.69 bits per heavy atom. The van der Waals surface area contributed by atoms with Crippen LogP contribution in [0.4, 0.5) is 0 Å². The van der Waals surface area contributed by atoms with E-state index in [1.807, 2.05) is 0 Å². The van der Waals surface area contributed by atoms with Crippen molar-refractivity contribution in [2.75, 3.05) is 13.2 Å². The van der Waals surface area contributed by atoms with Gasteiger partial charge in [0.05, 0.1) is 36.4 Å². The van der Waals surface area contributed by atoms with Gasteiger partial charge in [-0.2, -0.15) is 0 Å². The van der Waals surface area contributed by atoms with Gasteiger partial charge in [0.1, 0.15) is 6.10 Å². The maximum Gasteiger partial charge on any atom is 0.186 e. The van der Waals surface area contributed by atoms with Crippen LogP contribution in [0.25, 0.3) is 0 Å². The highest BCUT2D eigenvalue weighted by molar-refractivity contribution is 6.02. The Morgan fingerprint density at radius 2 is 1.93 bits per heavy atom. The quantitative estimate of drug-likeness (QED) is 0.315. The Labute approximate surface area is 248 Å². The first kappa shape index (κ1) is 29.5. The van der Waals surface area contributed by atoms with Crippen LogP contribution in [0.3, 0.4) is 0 Å². The van der Waals surface area contributed by atoms with Crippen molar-refractivity contribution < 1.29 is 39.4 Å². The van der Waals surface area contributed by atoms with Crippen LogP contribution in [0.5, 0.6) is 0 Å². The lowest BCUT2D eigenvalue weighted by atomic mass is 9.56. The highest BCUT2D eigenvalue weighted by atomic mass is 16.7. The first-order valence-corrected chi connectivity index (χ1v) is 16.3. The van der Waals surface area contributed by atoms with Crippen LogP contribution in [-0.2, 0) is 19.0 Å². The molecule has 0 radical (unpaired) electrons. The number of Topliss-reactive ketones (excluding diaryl/α,β-unsaturated/α-hetero) is 1. The van der Waals surface area contributed by atoms with E-state index in [1.54, 1.807) is 0 Å². The van der Waals surface area contributed by atoms with Crippen molar-refractivity contribution in [2.24, 2.45) is 40.9 Å². The van der Waals surface area contributed by atoms with E-state index in [2.05, 4.69) is 39.1 Å². The molecule has 234 valence electrons. The summed E-state index contributed by atoms with van der Waals surface area (Å²) in [6.45, 7) is 9.65. The van der Waals surface area contributed by atoms with Gasteiger partial charge in [-0.05, 0) is 87.2 Å². The van der Waals surface area contributed by atoms with Crippen LogP contribution in [-0.4, -0.2) is 88.0 Å². The Balaban J connectivity index is 1.11. The molecule has 3 saturated heterocycles. The van der Waals surface area contributed by atoms with E-state index in [9.17, 15) is 25.2 Å². The van der Waals surface area contributed by atoms with Crippen molar-refractivity contribution in [3.63, 3.8) is 0 Å². The monoisotopic (exact) mass is 587 g/mol. The SMILES string of the molecule is CC1=C2C(=O)[C@@H]3[C@H](CC=C4C[C@@H](O[C@H]5O[C@H](O)[C@@H](O)[C@@H](O)[C@H]5CO)CC[C@@]43C)[C@H]2CC[C@]12O[C@@H]1C[C@H](C)CN[C@H]1[C@H]2C. The fourth-order valence-electron chi connectivity index (χ4n) is 10.4. The van der Waals surface area contributed by atoms with Gasteiger partial charge < -0.3 is 40.0 Å². The molecule has 1 spiro atoms. The van der Waals surface area contributed by atoms with E-state index >= 15 is 0 Å². The van der Waals surface area contributed by atoms with Gasteiger partial charge in [-0.15, -0.1) is 0 Å². The minimum absolute atomic E-state index is 0.0457. The first-order valence-electron chi connectivity index (χ1n) is 16.3. The van der Waals surface area contributed by atoms with Crippen molar-refractivity contribution in [3.8, 4) is 0 Å². The number of ether oxygens (including phenoxy) is 3. The summed E-state index contributed by atoms with van der Waals surface area (Å²) >= 11 is 0. The zero-order valence-corrected chi connectivity index (χ0v) is 25.4. The first-order chi connectivity index (χ1) is 20.0. The Kier molecular flexibility index (Phi) is 7.34. The zero-order valence-electron chi connectivity index (χ0n) is 25.4. The standard InChI is InChI=1S/C33H49NO8/c1-15-11-23-26(34-13-15)17(3)33(42-23)10-8-20-21-6-5-18-12-19(40-31-22(14-35)27(36)29(38)30(39)41-31)7-9-32(18,4)25(21)28(37)24(20)16(33)2/h5,15,17,19-23,25-27,29-31,34-36,38-39H,6-14H2,1-4H3/t15-,17+,19-,20+,21+,22+,23+,25-,26-,27-,29-,30-,31-,32-,33-/m0/s1. The van der Waals surface area contributed by atoms with Crippen LogP contribution in [0.2, 0.25) is 0 Å². The third-order valence-electron chi connectivity index (χ3n) is 12.8. The van der Waals surface area contributed by atoms with Crippen LogP contribution in [0, 0.1) is 40.9 Å². The van der Waals surface area contributed by atoms with Crippen LogP contribution >= 0.6 is 0 Å². The molecule has 0 bridgehead atoms. The van der Waals surface area contributed by atoms with Crippen molar-refractivity contribution in [1.29, 1.82) is 0 Å². The lowest BCUT2D eigenvalue weighted by Gasteiger charge is -2.49. The molecule has 0 unspecified atom stereocenters. The average Bonchev–Trinajstić information content (AvgIpc) is 3.41. The van der Waals surface area contributed by atoms with Gasteiger partial charge in [0.25, 0.3) is 0 Å². The molecular formula is C33H49NO8. The summed E-state index contributed by atoms with van der Waals surface area (Å²) in [6.07, 6.45) is 2.96. The third kappa shape index (κ3) is 4.14. The number of aliphatic hydroxyl groups is 4. The van der Waals surface area contributed by atoms with E-state index in [4.69, 9.17) is 14.2 Å². The van der Waals surface area contributed by atoms with Crippen molar-refractivity contribution in [2.45, 2.75) is 121 Å². The maximum atomic E-state index is 14.5. The van der Waals surface area contributed by atoms with Crippen molar-refractivity contribution in [3.05, 3.63) is 22.8 Å². The minimum Gasteiger partial charge on any atom is -0.396 e. The number of allylic oxidation sites excluding steroid dienone is 2. The second kappa shape index (κ2) is 10.4. The number of piperidine rings is 1. The van der Waals surface area contributed by atoms with Gasteiger partial charge in [0.2, 0.25) is 0 Å². The molecule has 5 fully saturated rings. The molecule has 0 aromatic rings. The fourth-order valence-corrected chi connectivity index (χ4v) is 10.4. The number of rotatable bonds is 3. The van der Waals surface area contributed by atoms with E-state index in [0.717, 1.165) is 44.2 Å². The largest absolute Gasteiger partial charge is 0.396 e. The summed E-state index contributed by atoms with van der Waals surface area (Å²) in [4.78, 5) is 14.5. The lowest BCUT2D eigenvalue weighted by molar-refractivity contribution is -0.341. The normalized spacial score (nSPS) is 53.9. The Hall–Kier alpha value is -1.17. The molecule has 7 rings (SSSR count). The second-order valence-corrected chi connectivity index (χ2v) is 14.9.